The Balaban J connectivity index is 2.81. The van der Waals surface area contributed by atoms with Crippen molar-refractivity contribution in [3.63, 3.8) is 0 Å². The van der Waals surface area contributed by atoms with Gasteiger partial charge in [0.15, 0.2) is 0 Å². The highest BCUT2D eigenvalue weighted by Crippen LogP contribution is 2.25. The second-order valence-corrected chi connectivity index (χ2v) is 5.95. The second-order valence-electron chi connectivity index (χ2n) is 5.95. The Hall–Kier alpha value is -0.940. The van der Waals surface area contributed by atoms with Crippen LogP contribution in [0, 0.1) is 0 Å². The summed E-state index contributed by atoms with van der Waals surface area (Å²) in [6.07, 6.45) is 0.853. The first-order valence-corrected chi connectivity index (χ1v) is 7.65. The molecule has 4 nitrogen and oxygen atoms in total. The molecule has 1 aromatic rings. The van der Waals surface area contributed by atoms with E-state index in [1.165, 1.54) is 0 Å². The molecule has 0 aliphatic carbocycles. The molecular weight excluding hydrogens is 264 g/mol. The predicted octanol–water partition coefficient (Wildman–Crippen LogP) is 1.84. The highest BCUT2D eigenvalue weighted by atomic mass is 16.5. The molecule has 0 saturated heterocycles. The lowest BCUT2D eigenvalue weighted by Gasteiger charge is -2.37. The van der Waals surface area contributed by atoms with Crippen LogP contribution in [0.3, 0.4) is 0 Å². The molecule has 21 heavy (non-hydrogen) atoms. The second kappa shape index (κ2) is 9.15. The van der Waals surface area contributed by atoms with Crippen LogP contribution in [0.5, 0.6) is 0 Å². The van der Waals surface area contributed by atoms with Crippen molar-refractivity contribution < 1.29 is 9.84 Å². The van der Waals surface area contributed by atoms with E-state index >= 15 is 0 Å². The van der Waals surface area contributed by atoms with Gasteiger partial charge in [-0.15, -0.1) is 0 Å². The third kappa shape index (κ3) is 5.75. The van der Waals surface area contributed by atoms with E-state index in [0.717, 1.165) is 31.7 Å². The molecule has 0 amide bonds. The molecule has 0 aliphatic rings. The highest BCUT2D eigenvalue weighted by Gasteiger charge is 2.31. The number of likely N-dealkylation sites (N-methyl/N-ethyl adjacent to an activating group) is 1. The topological polar surface area (TPSA) is 44.7 Å². The largest absolute Gasteiger partial charge is 0.394 e. The molecule has 0 aliphatic heterocycles. The van der Waals surface area contributed by atoms with Crippen LogP contribution in [-0.4, -0.2) is 56.5 Å². The minimum absolute atomic E-state index is 0.0906. The summed E-state index contributed by atoms with van der Waals surface area (Å²) >= 11 is 0. The van der Waals surface area contributed by atoms with Crippen LogP contribution < -0.4 is 5.32 Å². The minimum Gasteiger partial charge on any atom is -0.394 e. The first-order valence-electron chi connectivity index (χ1n) is 7.65. The van der Waals surface area contributed by atoms with Gasteiger partial charge in [-0.3, -0.25) is 0 Å². The summed E-state index contributed by atoms with van der Waals surface area (Å²) in [6, 6.07) is 10.5. The normalized spacial score (nSPS) is 14.6. The summed E-state index contributed by atoms with van der Waals surface area (Å²) in [7, 11) is 3.80. The van der Waals surface area contributed by atoms with Gasteiger partial charge in [0, 0.05) is 26.2 Å². The van der Waals surface area contributed by atoms with Gasteiger partial charge in [0.2, 0.25) is 0 Å². The molecule has 4 heteroatoms. The SMILES string of the molecule is COCCN(C)CCC(CO)(NC(C)C)c1ccccc1. The average Bonchev–Trinajstić information content (AvgIpc) is 2.50. The van der Waals surface area contributed by atoms with Gasteiger partial charge in [0.25, 0.3) is 0 Å². The zero-order valence-corrected chi connectivity index (χ0v) is 13.8. The summed E-state index contributed by atoms with van der Waals surface area (Å²) < 4.78 is 5.11. The lowest BCUT2D eigenvalue weighted by atomic mass is 9.86. The van der Waals surface area contributed by atoms with Crippen LogP contribution in [0.4, 0.5) is 0 Å². The predicted molar refractivity (Wildman–Crippen MR) is 87.5 cm³/mol. The Bertz CT molecular complexity index is 384. The molecule has 0 radical (unpaired) electrons. The van der Waals surface area contributed by atoms with Crippen LogP contribution in [0.2, 0.25) is 0 Å². The molecule has 0 fully saturated rings. The van der Waals surface area contributed by atoms with Gasteiger partial charge in [-0.25, -0.2) is 0 Å². The van der Waals surface area contributed by atoms with Gasteiger partial charge in [-0.1, -0.05) is 30.3 Å². The van der Waals surface area contributed by atoms with E-state index in [1.54, 1.807) is 7.11 Å². The Morgan fingerprint density at radius 3 is 2.43 bits per heavy atom. The van der Waals surface area contributed by atoms with Crippen molar-refractivity contribution in [2.75, 3.05) is 40.5 Å². The van der Waals surface area contributed by atoms with Gasteiger partial charge in [-0.2, -0.15) is 0 Å². The van der Waals surface area contributed by atoms with Crippen molar-refractivity contribution in [3.8, 4) is 0 Å². The first-order chi connectivity index (χ1) is 10.0. The van der Waals surface area contributed by atoms with Crippen molar-refractivity contribution in [2.45, 2.75) is 31.8 Å². The summed E-state index contributed by atoms with van der Waals surface area (Å²) in [5, 5.41) is 13.6. The highest BCUT2D eigenvalue weighted by molar-refractivity contribution is 5.25. The number of nitrogens with zero attached hydrogens (tertiary/aromatic N) is 1. The number of aliphatic hydroxyl groups is 1. The Labute approximate surface area is 129 Å². The van der Waals surface area contributed by atoms with Gasteiger partial charge < -0.3 is 20.1 Å². The molecule has 0 bridgehead atoms. The van der Waals surface area contributed by atoms with E-state index in [2.05, 4.69) is 43.2 Å². The fourth-order valence-electron chi connectivity index (χ4n) is 2.57. The molecule has 120 valence electrons. The van der Waals surface area contributed by atoms with Crippen LogP contribution in [0.25, 0.3) is 0 Å². The van der Waals surface area contributed by atoms with E-state index in [1.807, 2.05) is 18.2 Å². The van der Waals surface area contributed by atoms with Crippen LogP contribution >= 0.6 is 0 Å². The van der Waals surface area contributed by atoms with Gasteiger partial charge in [0.05, 0.1) is 18.8 Å². The number of hydrogen-bond donors (Lipinski definition) is 2. The van der Waals surface area contributed by atoms with Gasteiger partial charge in [0.1, 0.15) is 0 Å². The summed E-state index contributed by atoms with van der Waals surface area (Å²) in [5.41, 5.74) is 0.748. The maximum atomic E-state index is 10.1. The van der Waals surface area contributed by atoms with Crippen molar-refractivity contribution in [2.24, 2.45) is 0 Å². The van der Waals surface area contributed by atoms with Gasteiger partial charge in [-0.05, 0) is 32.9 Å². The number of methoxy groups -OCH3 is 1. The number of nitrogens with one attached hydrogen (secondary N) is 1. The molecule has 0 aromatic heterocycles. The average molecular weight is 294 g/mol. The van der Waals surface area contributed by atoms with Crippen molar-refractivity contribution in [1.29, 1.82) is 0 Å². The number of aliphatic hydroxyl groups excluding tert-OH is 1. The van der Waals surface area contributed by atoms with Crippen LogP contribution in [0.15, 0.2) is 30.3 Å². The lowest BCUT2D eigenvalue weighted by Crippen LogP contribution is -2.50. The lowest BCUT2D eigenvalue weighted by molar-refractivity contribution is 0.117. The molecular formula is C17H30N2O2. The Morgan fingerprint density at radius 1 is 1.24 bits per heavy atom. The number of hydrogen-bond acceptors (Lipinski definition) is 4. The third-order valence-electron chi connectivity index (χ3n) is 3.76. The number of benzene rings is 1. The van der Waals surface area contributed by atoms with E-state index in [-0.39, 0.29) is 6.61 Å². The van der Waals surface area contributed by atoms with E-state index in [0.29, 0.717) is 6.04 Å². The monoisotopic (exact) mass is 294 g/mol. The standard InChI is InChI=1S/C17H30N2O2/c1-15(2)18-17(14-20,16-8-6-5-7-9-16)10-11-19(3)12-13-21-4/h5-9,15,18,20H,10-14H2,1-4H3. The quantitative estimate of drug-likeness (QED) is 0.691. The zero-order valence-electron chi connectivity index (χ0n) is 13.8. The Morgan fingerprint density at radius 2 is 1.90 bits per heavy atom. The molecule has 0 heterocycles. The number of rotatable bonds is 10. The van der Waals surface area contributed by atoms with E-state index in [4.69, 9.17) is 4.74 Å². The molecule has 2 N–H and O–H groups in total. The first kappa shape index (κ1) is 18.1. The number of ether oxygens (including phenoxy) is 1. The van der Waals surface area contributed by atoms with Crippen LogP contribution in [0.1, 0.15) is 25.8 Å². The maximum Gasteiger partial charge on any atom is 0.0683 e. The van der Waals surface area contributed by atoms with Crippen molar-refractivity contribution in [3.05, 3.63) is 35.9 Å². The Kier molecular flexibility index (Phi) is 7.89. The zero-order chi connectivity index (χ0) is 15.7. The summed E-state index contributed by atoms with van der Waals surface area (Å²) in [4.78, 5) is 2.23. The van der Waals surface area contributed by atoms with Gasteiger partial charge >= 0.3 is 0 Å². The minimum atomic E-state index is -0.392. The molecule has 1 rings (SSSR count). The van der Waals surface area contributed by atoms with E-state index < -0.39 is 5.54 Å². The van der Waals surface area contributed by atoms with E-state index in [9.17, 15) is 5.11 Å². The third-order valence-corrected chi connectivity index (χ3v) is 3.76. The molecule has 0 saturated carbocycles. The smallest absolute Gasteiger partial charge is 0.0683 e. The van der Waals surface area contributed by atoms with Crippen LogP contribution in [-0.2, 0) is 10.3 Å². The fourth-order valence-corrected chi connectivity index (χ4v) is 2.57. The van der Waals surface area contributed by atoms with Crippen molar-refractivity contribution >= 4 is 0 Å². The fraction of sp³-hybridized carbons (Fsp3) is 0.647. The summed E-state index contributed by atoms with van der Waals surface area (Å²) in [5.74, 6) is 0. The summed E-state index contributed by atoms with van der Waals surface area (Å²) in [6.45, 7) is 6.84. The van der Waals surface area contributed by atoms with Crippen molar-refractivity contribution in [1.82, 2.24) is 10.2 Å². The maximum absolute atomic E-state index is 10.1. The molecule has 0 spiro atoms. The molecule has 1 atom stereocenters. The molecule has 1 unspecified atom stereocenters. The molecule has 1 aromatic carbocycles.